The van der Waals surface area contributed by atoms with Crippen LogP contribution in [0.5, 0.6) is 11.5 Å². The highest BCUT2D eigenvalue weighted by Gasteiger charge is 2.15. The maximum atomic E-state index is 11.7. The minimum Gasteiger partial charge on any atom is -0.493 e. The number of benzene rings is 1. The van der Waals surface area contributed by atoms with Gasteiger partial charge in [-0.3, -0.25) is 4.99 Å². The number of rotatable bonds is 10. The second-order valence-electron chi connectivity index (χ2n) is 6.69. The minimum atomic E-state index is -0.400. The molecule has 0 aliphatic carbocycles. The molecular weight excluding hydrogens is 360 g/mol. The number of alkyl carbamates (subject to hydrolysis) is 1. The smallest absolute Gasteiger partial charge is 0.407 e. The van der Waals surface area contributed by atoms with Crippen molar-refractivity contribution in [2.24, 2.45) is 10.9 Å². The molecule has 0 radical (unpaired) electrons. The number of hydrogen-bond acceptors (Lipinski definition) is 5. The molecule has 0 saturated heterocycles. The number of carbonyl (C=O) groups excluding carboxylic acids is 1. The number of ether oxygens (including phenoxy) is 3. The fourth-order valence-electron chi connectivity index (χ4n) is 2.72. The molecule has 1 amide bonds. The summed E-state index contributed by atoms with van der Waals surface area (Å²) in [4.78, 5) is 16.0. The van der Waals surface area contributed by atoms with Crippen LogP contribution in [0.2, 0.25) is 0 Å². The predicted molar refractivity (Wildman–Crippen MR) is 111 cm³/mol. The largest absolute Gasteiger partial charge is 0.493 e. The highest BCUT2D eigenvalue weighted by atomic mass is 16.5. The molecule has 0 bridgehead atoms. The molecule has 0 spiro atoms. The zero-order valence-corrected chi connectivity index (χ0v) is 17.8. The Bertz CT molecular complexity index is 635. The Labute approximate surface area is 168 Å². The summed E-state index contributed by atoms with van der Waals surface area (Å²) in [6, 6.07) is 5.70. The van der Waals surface area contributed by atoms with E-state index in [4.69, 9.17) is 14.2 Å². The van der Waals surface area contributed by atoms with Gasteiger partial charge >= 0.3 is 6.09 Å². The van der Waals surface area contributed by atoms with Crippen LogP contribution >= 0.6 is 0 Å². The van der Waals surface area contributed by atoms with Crippen molar-refractivity contribution in [2.75, 3.05) is 34.4 Å². The fraction of sp³-hybridized carbons (Fsp3) is 0.600. The van der Waals surface area contributed by atoms with Crippen LogP contribution in [0.15, 0.2) is 23.2 Å². The summed E-state index contributed by atoms with van der Waals surface area (Å²) < 4.78 is 15.6. The standard InChI is InChI=1S/C20H34N4O4/c1-7-28-20(25)24-16(10-14(2)3)13-23-19(21-4)22-12-15-8-9-17(26-5)18(11-15)27-6/h8-9,11,14,16H,7,10,12-13H2,1-6H3,(H,24,25)(H2,21,22,23). The first kappa shape index (κ1) is 23.4. The Hall–Kier alpha value is -2.64. The normalized spacial score (nSPS) is 12.3. The van der Waals surface area contributed by atoms with Gasteiger partial charge in [-0.15, -0.1) is 0 Å². The van der Waals surface area contributed by atoms with Gasteiger partial charge in [0.25, 0.3) is 0 Å². The van der Waals surface area contributed by atoms with Crippen molar-refractivity contribution >= 4 is 12.1 Å². The zero-order chi connectivity index (χ0) is 20.9. The number of aliphatic imine (C=N–C) groups is 1. The van der Waals surface area contributed by atoms with Crippen LogP contribution in [-0.4, -0.2) is 52.5 Å². The molecule has 0 aliphatic rings. The Morgan fingerprint density at radius 2 is 1.86 bits per heavy atom. The number of guanidine groups is 1. The second kappa shape index (κ2) is 12.7. The van der Waals surface area contributed by atoms with Crippen molar-refractivity contribution in [3.05, 3.63) is 23.8 Å². The maximum absolute atomic E-state index is 11.7. The molecule has 0 aromatic heterocycles. The first-order valence-corrected chi connectivity index (χ1v) is 9.52. The SMILES string of the molecule is CCOC(=O)NC(CNC(=NC)NCc1ccc(OC)c(OC)c1)CC(C)C. The molecule has 1 unspecified atom stereocenters. The van der Waals surface area contributed by atoms with Crippen molar-refractivity contribution in [3.63, 3.8) is 0 Å². The van der Waals surface area contributed by atoms with Crippen LogP contribution in [0.4, 0.5) is 4.79 Å². The van der Waals surface area contributed by atoms with Crippen molar-refractivity contribution in [1.29, 1.82) is 0 Å². The quantitative estimate of drug-likeness (QED) is 0.417. The van der Waals surface area contributed by atoms with Crippen LogP contribution in [0.1, 0.15) is 32.8 Å². The zero-order valence-electron chi connectivity index (χ0n) is 17.8. The van der Waals surface area contributed by atoms with E-state index in [1.54, 1.807) is 28.2 Å². The van der Waals surface area contributed by atoms with E-state index in [0.717, 1.165) is 12.0 Å². The van der Waals surface area contributed by atoms with Gasteiger partial charge < -0.3 is 30.2 Å². The molecule has 0 heterocycles. The Balaban J connectivity index is 2.61. The second-order valence-corrected chi connectivity index (χ2v) is 6.69. The Morgan fingerprint density at radius 1 is 1.14 bits per heavy atom. The highest BCUT2D eigenvalue weighted by molar-refractivity contribution is 5.79. The van der Waals surface area contributed by atoms with E-state index in [0.29, 0.717) is 43.1 Å². The number of hydrogen-bond donors (Lipinski definition) is 3. The molecule has 1 atom stereocenters. The first-order valence-electron chi connectivity index (χ1n) is 9.52. The topological polar surface area (TPSA) is 93.2 Å². The van der Waals surface area contributed by atoms with Gasteiger partial charge in [0, 0.05) is 26.2 Å². The summed E-state index contributed by atoms with van der Waals surface area (Å²) in [6.45, 7) is 7.48. The molecule has 158 valence electrons. The van der Waals surface area contributed by atoms with Crippen molar-refractivity contribution < 1.29 is 19.0 Å². The average Bonchev–Trinajstić information content (AvgIpc) is 2.67. The summed E-state index contributed by atoms with van der Waals surface area (Å²) >= 11 is 0. The lowest BCUT2D eigenvalue weighted by atomic mass is 10.0. The molecule has 1 aromatic carbocycles. The van der Waals surface area contributed by atoms with E-state index < -0.39 is 6.09 Å². The maximum Gasteiger partial charge on any atom is 0.407 e. The van der Waals surface area contributed by atoms with Gasteiger partial charge in [-0.1, -0.05) is 19.9 Å². The molecule has 28 heavy (non-hydrogen) atoms. The first-order chi connectivity index (χ1) is 13.4. The molecule has 8 heteroatoms. The molecule has 8 nitrogen and oxygen atoms in total. The molecular formula is C20H34N4O4. The minimum absolute atomic E-state index is 0.0568. The van der Waals surface area contributed by atoms with Gasteiger partial charge in [0.2, 0.25) is 0 Å². The summed E-state index contributed by atoms with van der Waals surface area (Å²) in [5, 5.41) is 9.41. The van der Waals surface area contributed by atoms with E-state index in [1.165, 1.54) is 0 Å². The van der Waals surface area contributed by atoms with Crippen molar-refractivity contribution in [1.82, 2.24) is 16.0 Å². The lowest BCUT2D eigenvalue weighted by molar-refractivity contribution is 0.146. The van der Waals surface area contributed by atoms with Gasteiger partial charge in [-0.05, 0) is 37.0 Å². The number of nitrogens with one attached hydrogen (secondary N) is 3. The van der Waals surface area contributed by atoms with E-state index in [1.807, 2.05) is 18.2 Å². The Kier molecular flexibility index (Phi) is 10.6. The van der Waals surface area contributed by atoms with Crippen LogP contribution in [0.3, 0.4) is 0 Å². The number of methoxy groups -OCH3 is 2. The molecule has 1 rings (SSSR count). The van der Waals surface area contributed by atoms with E-state index in [-0.39, 0.29) is 6.04 Å². The molecule has 0 saturated carbocycles. The highest BCUT2D eigenvalue weighted by Crippen LogP contribution is 2.27. The predicted octanol–water partition coefficient (Wildman–Crippen LogP) is 2.53. The van der Waals surface area contributed by atoms with Gasteiger partial charge in [0.1, 0.15) is 0 Å². The summed E-state index contributed by atoms with van der Waals surface area (Å²) in [5.74, 6) is 2.46. The summed E-state index contributed by atoms with van der Waals surface area (Å²) in [5.41, 5.74) is 1.03. The van der Waals surface area contributed by atoms with Crippen molar-refractivity contribution in [3.8, 4) is 11.5 Å². The van der Waals surface area contributed by atoms with Crippen LogP contribution in [0, 0.1) is 5.92 Å². The molecule has 0 aliphatic heterocycles. The summed E-state index contributed by atoms with van der Waals surface area (Å²) in [6.07, 6.45) is 0.432. The van der Waals surface area contributed by atoms with Gasteiger partial charge in [-0.25, -0.2) is 4.79 Å². The lowest BCUT2D eigenvalue weighted by Gasteiger charge is -2.22. The molecule has 1 aromatic rings. The third-order valence-corrected chi connectivity index (χ3v) is 4.00. The third kappa shape index (κ3) is 8.37. The van der Waals surface area contributed by atoms with Crippen molar-refractivity contribution in [2.45, 2.75) is 39.8 Å². The van der Waals surface area contributed by atoms with E-state index in [2.05, 4.69) is 34.8 Å². The molecule has 3 N–H and O–H groups in total. The molecule has 0 fully saturated rings. The van der Waals surface area contributed by atoms with Crippen LogP contribution in [0.25, 0.3) is 0 Å². The number of nitrogens with zero attached hydrogens (tertiary/aromatic N) is 1. The monoisotopic (exact) mass is 394 g/mol. The van der Waals surface area contributed by atoms with Gasteiger partial charge in [0.15, 0.2) is 17.5 Å². The lowest BCUT2D eigenvalue weighted by Crippen LogP contribution is -2.47. The van der Waals surface area contributed by atoms with Gasteiger partial charge in [0.05, 0.1) is 20.8 Å². The third-order valence-electron chi connectivity index (χ3n) is 4.00. The Morgan fingerprint density at radius 3 is 2.43 bits per heavy atom. The number of carbonyl (C=O) groups is 1. The van der Waals surface area contributed by atoms with Gasteiger partial charge in [-0.2, -0.15) is 0 Å². The average molecular weight is 395 g/mol. The van der Waals surface area contributed by atoms with E-state index >= 15 is 0 Å². The van der Waals surface area contributed by atoms with Crippen LogP contribution in [-0.2, 0) is 11.3 Å². The van der Waals surface area contributed by atoms with Crippen LogP contribution < -0.4 is 25.4 Å². The number of amides is 1. The summed E-state index contributed by atoms with van der Waals surface area (Å²) in [7, 11) is 4.93. The van der Waals surface area contributed by atoms with E-state index in [9.17, 15) is 4.79 Å². The fourth-order valence-corrected chi connectivity index (χ4v) is 2.72.